The number of hydrogen-bond acceptors (Lipinski definition) is 5. The van der Waals surface area contributed by atoms with Gasteiger partial charge in [-0.3, -0.25) is 4.90 Å². The molecule has 10 rings (SSSR count). The van der Waals surface area contributed by atoms with Crippen LogP contribution in [0.3, 0.4) is 0 Å². The standard InChI is InChI=1S/C39H22N2OS2/c1-2-8-24-20-33-31(19-23(24)7-1)38-32(42-33)17-18-40-39(38)41(25-13-15-29-27-9-3-5-11-34(27)43-36(29)21-25)26-14-16-30-28-10-4-6-12-35(28)44-37(30)22-26/h1-22H. The van der Waals surface area contributed by atoms with Crippen molar-refractivity contribution in [2.24, 2.45) is 0 Å². The summed E-state index contributed by atoms with van der Waals surface area (Å²) in [5.74, 6) is 0.859. The van der Waals surface area contributed by atoms with Crippen molar-refractivity contribution in [1.82, 2.24) is 4.98 Å². The molecule has 3 nitrogen and oxygen atoms in total. The van der Waals surface area contributed by atoms with Gasteiger partial charge in [0, 0.05) is 63.3 Å². The maximum absolute atomic E-state index is 6.48. The number of pyridine rings is 1. The molecule has 0 amide bonds. The van der Waals surface area contributed by atoms with E-state index in [1.807, 2.05) is 34.9 Å². The average Bonchev–Trinajstić information content (AvgIpc) is 3.74. The lowest BCUT2D eigenvalue weighted by Crippen LogP contribution is -2.11. The van der Waals surface area contributed by atoms with E-state index >= 15 is 0 Å². The molecule has 0 bridgehead atoms. The Balaban J connectivity index is 1.28. The monoisotopic (exact) mass is 598 g/mol. The molecule has 206 valence electrons. The zero-order chi connectivity index (χ0) is 28.8. The smallest absolute Gasteiger partial charge is 0.149 e. The van der Waals surface area contributed by atoms with Gasteiger partial charge in [-0.25, -0.2) is 4.98 Å². The minimum Gasteiger partial charge on any atom is -0.456 e. The first-order chi connectivity index (χ1) is 21.8. The molecular weight excluding hydrogens is 577 g/mol. The van der Waals surface area contributed by atoms with Crippen LogP contribution in [0, 0.1) is 0 Å². The highest BCUT2D eigenvalue weighted by molar-refractivity contribution is 7.26. The molecule has 5 heteroatoms. The van der Waals surface area contributed by atoms with Crippen LogP contribution >= 0.6 is 22.7 Å². The predicted octanol–water partition coefficient (Wildman–Crippen LogP) is 12.3. The summed E-state index contributed by atoms with van der Waals surface area (Å²) in [6.45, 7) is 0. The van der Waals surface area contributed by atoms with Crippen LogP contribution in [0.4, 0.5) is 17.2 Å². The summed E-state index contributed by atoms with van der Waals surface area (Å²) < 4.78 is 11.6. The maximum Gasteiger partial charge on any atom is 0.149 e. The third-order valence-corrected chi connectivity index (χ3v) is 10.9. The lowest BCUT2D eigenvalue weighted by Gasteiger charge is -2.25. The van der Waals surface area contributed by atoms with Gasteiger partial charge < -0.3 is 4.42 Å². The number of furan rings is 1. The van der Waals surface area contributed by atoms with Gasteiger partial charge in [-0.15, -0.1) is 22.7 Å². The Kier molecular flexibility index (Phi) is 5.03. The summed E-state index contributed by atoms with van der Waals surface area (Å²) in [6.07, 6.45) is 1.86. The molecule has 6 aromatic carbocycles. The van der Waals surface area contributed by atoms with Crippen molar-refractivity contribution in [3.8, 4) is 0 Å². The Labute approximate surface area is 259 Å². The molecule has 0 fully saturated rings. The van der Waals surface area contributed by atoms with Crippen molar-refractivity contribution in [2.45, 2.75) is 0 Å². The highest BCUT2D eigenvalue weighted by atomic mass is 32.1. The second-order valence-electron chi connectivity index (χ2n) is 11.2. The number of aromatic nitrogens is 1. The molecule has 0 aliphatic rings. The number of thiophene rings is 2. The number of fused-ring (bicyclic) bond motifs is 10. The van der Waals surface area contributed by atoms with Gasteiger partial charge in [-0.2, -0.15) is 0 Å². The van der Waals surface area contributed by atoms with Crippen LogP contribution in [0.25, 0.3) is 73.1 Å². The van der Waals surface area contributed by atoms with E-state index in [1.165, 1.54) is 45.7 Å². The van der Waals surface area contributed by atoms with Gasteiger partial charge >= 0.3 is 0 Å². The molecule has 0 N–H and O–H groups in total. The Hall–Kier alpha value is -5.23. The lowest BCUT2D eigenvalue weighted by molar-refractivity contribution is 0.669. The van der Waals surface area contributed by atoms with Crippen molar-refractivity contribution in [3.63, 3.8) is 0 Å². The number of anilines is 3. The lowest BCUT2D eigenvalue weighted by atomic mass is 10.1. The van der Waals surface area contributed by atoms with Crippen molar-refractivity contribution in [1.29, 1.82) is 0 Å². The first kappa shape index (κ1) is 24.2. The van der Waals surface area contributed by atoms with E-state index in [4.69, 9.17) is 9.40 Å². The third kappa shape index (κ3) is 3.51. The van der Waals surface area contributed by atoms with Gasteiger partial charge in [-0.05, 0) is 65.4 Å². The highest BCUT2D eigenvalue weighted by Gasteiger charge is 2.22. The molecule has 10 aromatic rings. The first-order valence-corrected chi connectivity index (χ1v) is 16.2. The van der Waals surface area contributed by atoms with Crippen LogP contribution in [-0.2, 0) is 0 Å². The second-order valence-corrected chi connectivity index (χ2v) is 13.4. The highest BCUT2D eigenvalue weighted by Crippen LogP contribution is 2.46. The van der Waals surface area contributed by atoms with Crippen molar-refractivity contribution < 1.29 is 4.42 Å². The maximum atomic E-state index is 6.48. The average molecular weight is 599 g/mol. The van der Waals surface area contributed by atoms with Crippen LogP contribution in [0.5, 0.6) is 0 Å². The number of hydrogen-bond donors (Lipinski definition) is 0. The van der Waals surface area contributed by atoms with Gasteiger partial charge in [0.25, 0.3) is 0 Å². The molecular formula is C39H22N2OS2. The van der Waals surface area contributed by atoms with E-state index < -0.39 is 0 Å². The third-order valence-electron chi connectivity index (χ3n) is 8.68. The van der Waals surface area contributed by atoms with E-state index in [1.54, 1.807) is 0 Å². The van der Waals surface area contributed by atoms with Crippen LogP contribution in [0.1, 0.15) is 0 Å². The molecule has 0 aliphatic heterocycles. The normalized spacial score (nSPS) is 12.1. The Morgan fingerprint density at radius 1 is 0.477 bits per heavy atom. The molecule has 0 saturated heterocycles. The summed E-state index contributed by atoms with van der Waals surface area (Å²) in [4.78, 5) is 7.39. The fourth-order valence-electron chi connectivity index (χ4n) is 6.66. The first-order valence-electron chi connectivity index (χ1n) is 14.6. The van der Waals surface area contributed by atoms with E-state index in [2.05, 4.69) is 126 Å². The number of rotatable bonds is 3. The van der Waals surface area contributed by atoms with Crippen molar-refractivity contribution in [2.75, 3.05) is 4.90 Å². The van der Waals surface area contributed by atoms with E-state index in [0.717, 1.165) is 44.5 Å². The van der Waals surface area contributed by atoms with Crippen LogP contribution in [0.15, 0.2) is 138 Å². The summed E-state index contributed by atoms with van der Waals surface area (Å²) in [5.41, 5.74) is 3.84. The van der Waals surface area contributed by atoms with Crippen LogP contribution in [-0.4, -0.2) is 4.98 Å². The number of benzene rings is 6. The molecule has 4 aromatic heterocycles. The largest absolute Gasteiger partial charge is 0.456 e. The van der Waals surface area contributed by atoms with Gasteiger partial charge in [0.1, 0.15) is 17.0 Å². The summed E-state index contributed by atoms with van der Waals surface area (Å²) in [5, 5.41) is 9.58. The molecule has 0 aliphatic carbocycles. The number of nitrogens with zero attached hydrogens (tertiary/aromatic N) is 2. The summed E-state index contributed by atoms with van der Waals surface area (Å²) in [6, 6.07) is 45.7. The molecule has 0 atom stereocenters. The topological polar surface area (TPSA) is 29.3 Å². The van der Waals surface area contributed by atoms with E-state index in [9.17, 15) is 0 Å². The van der Waals surface area contributed by atoms with Crippen LogP contribution < -0.4 is 4.90 Å². The zero-order valence-electron chi connectivity index (χ0n) is 23.3. The zero-order valence-corrected chi connectivity index (χ0v) is 25.0. The minimum absolute atomic E-state index is 0.830. The SMILES string of the molecule is c1ccc2cc3c(cc2c1)oc1ccnc(N(c2ccc4c(c2)sc2ccccc24)c2ccc4c(c2)sc2ccccc24)c13. The van der Waals surface area contributed by atoms with Gasteiger partial charge in [0.2, 0.25) is 0 Å². The molecule has 0 saturated carbocycles. The Morgan fingerprint density at radius 3 is 1.70 bits per heavy atom. The fraction of sp³-hybridized carbons (Fsp3) is 0. The fourth-order valence-corrected chi connectivity index (χ4v) is 8.94. The molecule has 44 heavy (non-hydrogen) atoms. The van der Waals surface area contributed by atoms with Crippen molar-refractivity contribution in [3.05, 3.63) is 134 Å². The summed E-state index contributed by atoms with van der Waals surface area (Å²) >= 11 is 3.67. The van der Waals surface area contributed by atoms with Gasteiger partial charge in [0.05, 0.1) is 5.39 Å². The van der Waals surface area contributed by atoms with E-state index in [0.29, 0.717) is 0 Å². The Morgan fingerprint density at radius 2 is 1.05 bits per heavy atom. The second kappa shape index (κ2) is 9.13. The van der Waals surface area contributed by atoms with Gasteiger partial charge in [-0.1, -0.05) is 72.8 Å². The predicted molar refractivity (Wildman–Crippen MR) is 189 cm³/mol. The minimum atomic E-state index is 0.830. The molecule has 0 unspecified atom stereocenters. The van der Waals surface area contributed by atoms with Gasteiger partial charge in [0.15, 0.2) is 0 Å². The van der Waals surface area contributed by atoms with Crippen molar-refractivity contribution >= 4 is 113 Å². The molecule has 0 radical (unpaired) electrons. The van der Waals surface area contributed by atoms with E-state index in [-0.39, 0.29) is 0 Å². The quantitative estimate of drug-likeness (QED) is 0.203. The van der Waals surface area contributed by atoms with Crippen LogP contribution in [0.2, 0.25) is 0 Å². The molecule has 0 spiro atoms. The summed E-state index contributed by atoms with van der Waals surface area (Å²) in [7, 11) is 0. The Bertz CT molecular complexity index is 2640. The molecule has 4 heterocycles.